The van der Waals surface area contributed by atoms with E-state index in [9.17, 15) is 9.90 Å². The van der Waals surface area contributed by atoms with Gasteiger partial charge < -0.3 is 19.3 Å². The molecule has 1 aliphatic rings. The Kier molecular flexibility index (Phi) is 5.88. The van der Waals surface area contributed by atoms with Gasteiger partial charge in [-0.2, -0.15) is 0 Å². The van der Waals surface area contributed by atoms with Gasteiger partial charge in [0.05, 0.1) is 24.7 Å². The van der Waals surface area contributed by atoms with Crippen LogP contribution in [0, 0.1) is 5.41 Å². The molecule has 2 unspecified atom stereocenters. The summed E-state index contributed by atoms with van der Waals surface area (Å²) >= 11 is 0. The average molecular weight is 246 g/mol. The lowest BCUT2D eigenvalue weighted by atomic mass is 9.78. The zero-order valence-corrected chi connectivity index (χ0v) is 10.6. The molecule has 1 heterocycles. The molecule has 1 rings (SSSR count). The number of hydrogen-bond acceptors (Lipinski definition) is 4. The van der Waals surface area contributed by atoms with Gasteiger partial charge in [-0.15, -0.1) is 0 Å². The Morgan fingerprint density at radius 1 is 1.47 bits per heavy atom. The first-order chi connectivity index (χ1) is 8.13. The molecular formula is C12H22O5. The van der Waals surface area contributed by atoms with E-state index in [0.717, 1.165) is 6.42 Å². The molecule has 17 heavy (non-hydrogen) atoms. The van der Waals surface area contributed by atoms with E-state index in [1.807, 2.05) is 6.92 Å². The van der Waals surface area contributed by atoms with Crippen LogP contribution in [0.3, 0.4) is 0 Å². The van der Waals surface area contributed by atoms with Crippen molar-refractivity contribution in [2.24, 2.45) is 5.41 Å². The number of hydrogen-bond donors (Lipinski definition) is 1. The molecule has 0 aromatic heterocycles. The topological polar surface area (TPSA) is 65.0 Å². The van der Waals surface area contributed by atoms with Gasteiger partial charge in [-0.3, -0.25) is 4.79 Å². The Morgan fingerprint density at radius 3 is 2.76 bits per heavy atom. The van der Waals surface area contributed by atoms with Crippen LogP contribution in [0.2, 0.25) is 0 Å². The summed E-state index contributed by atoms with van der Waals surface area (Å²) in [5.74, 6) is -0.751. The number of methoxy groups -OCH3 is 1. The van der Waals surface area contributed by atoms with Crippen LogP contribution in [-0.2, 0) is 19.0 Å². The zero-order chi connectivity index (χ0) is 12.7. The van der Waals surface area contributed by atoms with Gasteiger partial charge >= 0.3 is 5.97 Å². The molecule has 2 atom stereocenters. The molecular weight excluding hydrogens is 224 g/mol. The van der Waals surface area contributed by atoms with E-state index in [4.69, 9.17) is 14.2 Å². The first-order valence-electron chi connectivity index (χ1n) is 6.05. The Morgan fingerprint density at radius 2 is 2.24 bits per heavy atom. The Labute approximate surface area is 102 Å². The predicted octanol–water partition coefficient (Wildman–Crippen LogP) is 1.31. The Balaban J connectivity index is 2.29. The summed E-state index contributed by atoms with van der Waals surface area (Å²) in [4.78, 5) is 11.4. The minimum absolute atomic E-state index is 0.209. The summed E-state index contributed by atoms with van der Waals surface area (Å²) in [6.45, 7) is 4.09. The fourth-order valence-electron chi connectivity index (χ4n) is 2.23. The van der Waals surface area contributed by atoms with Crippen LogP contribution in [-0.4, -0.2) is 50.7 Å². The summed E-state index contributed by atoms with van der Waals surface area (Å²) in [5.41, 5.74) is -0.718. The smallest absolute Gasteiger partial charge is 0.312 e. The highest BCUT2D eigenvalue weighted by Crippen LogP contribution is 2.39. The van der Waals surface area contributed by atoms with Crippen LogP contribution < -0.4 is 0 Å². The van der Waals surface area contributed by atoms with Gasteiger partial charge in [-0.25, -0.2) is 0 Å². The summed E-state index contributed by atoms with van der Waals surface area (Å²) in [6, 6.07) is 0. The van der Waals surface area contributed by atoms with Gasteiger partial charge in [0.15, 0.2) is 0 Å². The molecule has 5 nitrogen and oxygen atoms in total. The van der Waals surface area contributed by atoms with Crippen LogP contribution in [0.25, 0.3) is 0 Å². The third-order valence-electron chi connectivity index (χ3n) is 3.46. The number of carbonyl (C=O) groups is 1. The van der Waals surface area contributed by atoms with Crippen molar-refractivity contribution in [1.82, 2.24) is 0 Å². The van der Waals surface area contributed by atoms with Crippen LogP contribution in [0.15, 0.2) is 0 Å². The molecule has 0 saturated carbocycles. The van der Waals surface area contributed by atoms with Crippen LogP contribution in [0.5, 0.6) is 0 Å². The maximum absolute atomic E-state index is 11.4. The molecule has 1 fully saturated rings. The summed E-state index contributed by atoms with van der Waals surface area (Å²) < 4.78 is 15.6. The summed E-state index contributed by atoms with van der Waals surface area (Å²) in [5, 5.41) is 9.33. The van der Waals surface area contributed by atoms with Gasteiger partial charge in [0.2, 0.25) is 0 Å². The molecule has 0 aliphatic carbocycles. The van der Waals surface area contributed by atoms with E-state index in [0.29, 0.717) is 39.3 Å². The molecule has 0 spiro atoms. The maximum Gasteiger partial charge on any atom is 0.312 e. The summed E-state index contributed by atoms with van der Waals surface area (Å²) in [6.07, 6.45) is 1.74. The zero-order valence-electron chi connectivity index (χ0n) is 10.6. The van der Waals surface area contributed by atoms with Crippen molar-refractivity contribution in [2.45, 2.75) is 32.3 Å². The van der Waals surface area contributed by atoms with E-state index >= 15 is 0 Å². The van der Waals surface area contributed by atoms with Gasteiger partial charge in [0, 0.05) is 20.3 Å². The number of carboxylic acids is 1. The molecule has 0 bridgehead atoms. The molecule has 0 radical (unpaired) electrons. The lowest BCUT2D eigenvalue weighted by molar-refractivity contribution is -0.152. The van der Waals surface area contributed by atoms with Crippen molar-refractivity contribution in [3.8, 4) is 0 Å². The molecule has 1 saturated heterocycles. The van der Waals surface area contributed by atoms with E-state index < -0.39 is 11.4 Å². The van der Waals surface area contributed by atoms with Gasteiger partial charge in [0.1, 0.15) is 0 Å². The highest BCUT2D eigenvalue weighted by atomic mass is 16.5. The Hall–Kier alpha value is -0.650. The van der Waals surface area contributed by atoms with Crippen molar-refractivity contribution in [2.75, 3.05) is 33.5 Å². The van der Waals surface area contributed by atoms with Crippen molar-refractivity contribution >= 4 is 5.97 Å². The lowest BCUT2D eigenvalue weighted by Gasteiger charge is -2.27. The number of rotatable bonds is 8. The highest BCUT2D eigenvalue weighted by Gasteiger charge is 2.47. The van der Waals surface area contributed by atoms with E-state index in [1.54, 1.807) is 7.11 Å². The second-order valence-corrected chi connectivity index (χ2v) is 4.43. The first kappa shape index (κ1) is 14.4. The largest absolute Gasteiger partial charge is 0.481 e. The first-order valence-corrected chi connectivity index (χ1v) is 6.05. The highest BCUT2D eigenvalue weighted by molar-refractivity contribution is 5.75. The van der Waals surface area contributed by atoms with E-state index in [1.165, 1.54) is 0 Å². The SMILES string of the molecule is COCCOCCCC1(C(=O)O)CCOC1C. The molecule has 5 heteroatoms. The monoisotopic (exact) mass is 246 g/mol. The van der Waals surface area contributed by atoms with Crippen LogP contribution in [0.4, 0.5) is 0 Å². The van der Waals surface area contributed by atoms with Crippen molar-refractivity contribution in [3.05, 3.63) is 0 Å². The molecule has 0 aromatic rings. The number of aliphatic carboxylic acids is 1. The molecule has 1 aliphatic heterocycles. The van der Waals surface area contributed by atoms with E-state index in [-0.39, 0.29) is 6.10 Å². The third-order valence-corrected chi connectivity index (χ3v) is 3.46. The van der Waals surface area contributed by atoms with E-state index in [2.05, 4.69) is 0 Å². The summed E-state index contributed by atoms with van der Waals surface area (Å²) in [7, 11) is 1.63. The minimum Gasteiger partial charge on any atom is -0.481 e. The average Bonchev–Trinajstić information content (AvgIpc) is 2.66. The number of ether oxygens (including phenoxy) is 3. The van der Waals surface area contributed by atoms with Gasteiger partial charge in [0.25, 0.3) is 0 Å². The third kappa shape index (κ3) is 3.66. The second kappa shape index (κ2) is 6.93. The lowest BCUT2D eigenvalue weighted by Crippen LogP contribution is -2.37. The number of carboxylic acid groups (broad SMARTS) is 1. The fourth-order valence-corrected chi connectivity index (χ4v) is 2.23. The minimum atomic E-state index is -0.751. The Bertz CT molecular complexity index is 243. The predicted molar refractivity (Wildman–Crippen MR) is 62.0 cm³/mol. The fraction of sp³-hybridized carbons (Fsp3) is 0.917. The molecule has 100 valence electrons. The van der Waals surface area contributed by atoms with Gasteiger partial charge in [-0.05, 0) is 26.2 Å². The maximum atomic E-state index is 11.4. The molecule has 0 amide bonds. The normalized spacial score (nSPS) is 28.5. The molecule has 0 aromatic carbocycles. The van der Waals surface area contributed by atoms with Crippen molar-refractivity contribution < 1.29 is 24.1 Å². The molecule has 1 N–H and O–H groups in total. The standard InChI is InChI=1S/C12H22O5/c1-10-12(11(13)14,5-7-17-10)4-3-6-16-9-8-15-2/h10H,3-9H2,1-2H3,(H,13,14). The van der Waals surface area contributed by atoms with Gasteiger partial charge in [-0.1, -0.05) is 0 Å². The van der Waals surface area contributed by atoms with Crippen LogP contribution in [0.1, 0.15) is 26.2 Å². The second-order valence-electron chi connectivity index (χ2n) is 4.43. The van der Waals surface area contributed by atoms with Crippen molar-refractivity contribution in [1.29, 1.82) is 0 Å². The quantitative estimate of drug-likeness (QED) is 0.654. The van der Waals surface area contributed by atoms with Crippen LogP contribution >= 0.6 is 0 Å². The van der Waals surface area contributed by atoms with Crippen molar-refractivity contribution in [3.63, 3.8) is 0 Å².